The summed E-state index contributed by atoms with van der Waals surface area (Å²) in [5.41, 5.74) is 1.39. The van der Waals surface area contributed by atoms with Crippen LogP contribution in [0.15, 0.2) is 40.9 Å². The van der Waals surface area contributed by atoms with E-state index in [1.807, 2.05) is 6.92 Å². The highest BCUT2D eigenvalue weighted by Crippen LogP contribution is 2.11. The summed E-state index contributed by atoms with van der Waals surface area (Å²) in [6.45, 7) is 4.96. The molecule has 0 aliphatic carbocycles. The van der Waals surface area contributed by atoms with Gasteiger partial charge in [0.25, 0.3) is 0 Å². The number of nitrogens with zero attached hydrogens (tertiary/aromatic N) is 1. The van der Waals surface area contributed by atoms with Gasteiger partial charge in [-0.25, -0.2) is 4.98 Å². The molecule has 1 N–H and O–H groups in total. The normalized spacial score (nSPS) is 12.6. The maximum atomic E-state index is 5.49. The predicted octanol–water partition coefficient (Wildman–Crippen LogP) is 3.27. The quantitative estimate of drug-likeness (QED) is 0.792. The molecule has 1 aromatic heterocycles. The summed E-state index contributed by atoms with van der Waals surface area (Å²) in [7, 11) is 0. The molecule has 0 radical (unpaired) electrons. The van der Waals surface area contributed by atoms with Gasteiger partial charge in [-0.2, -0.15) is 0 Å². The van der Waals surface area contributed by atoms with Gasteiger partial charge in [0.05, 0.1) is 12.2 Å². The first kappa shape index (κ1) is 12.8. The van der Waals surface area contributed by atoms with Crippen LogP contribution in [0.3, 0.4) is 0 Å². The van der Waals surface area contributed by atoms with Gasteiger partial charge in [0.15, 0.2) is 0 Å². The van der Waals surface area contributed by atoms with Gasteiger partial charge in [-0.1, -0.05) is 30.3 Å². The molecule has 3 nitrogen and oxygen atoms in total. The summed E-state index contributed by atoms with van der Waals surface area (Å²) in [6.07, 6.45) is 3.98. The minimum atomic E-state index is 0.175. The lowest BCUT2D eigenvalue weighted by Crippen LogP contribution is -2.20. The molecule has 0 saturated heterocycles. The van der Waals surface area contributed by atoms with Crippen molar-refractivity contribution in [2.24, 2.45) is 0 Å². The molecule has 1 aromatic carbocycles. The Balaban J connectivity index is 1.69. The molecule has 0 saturated carbocycles. The standard InChI is InChI=1S/C15H20N2O/c1-12-11-17-15(18-12)13(2)16-10-6-9-14-7-4-3-5-8-14/h3-5,7-8,11,13,16H,6,9-10H2,1-2H3. The second-order valence-corrected chi connectivity index (χ2v) is 4.57. The lowest BCUT2D eigenvalue weighted by Gasteiger charge is -2.10. The van der Waals surface area contributed by atoms with Crippen LogP contribution in [0.4, 0.5) is 0 Å². The summed E-state index contributed by atoms with van der Waals surface area (Å²) in [4.78, 5) is 4.22. The number of rotatable bonds is 6. The molecule has 0 aliphatic heterocycles. The molecule has 2 rings (SSSR count). The van der Waals surface area contributed by atoms with E-state index in [1.165, 1.54) is 5.56 Å². The van der Waals surface area contributed by atoms with E-state index in [-0.39, 0.29) is 6.04 Å². The van der Waals surface area contributed by atoms with Gasteiger partial charge in [-0.3, -0.25) is 0 Å². The zero-order chi connectivity index (χ0) is 12.8. The SMILES string of the molecule is Cc1cnc(C(C)NCCCc2ccccc2)o1. The first-order valence-corrected chi connectivity index (χ1v) is 6.45. The third kappa shape index (κ3) is 3.70. The first-order chi connectivity index (χ1) is 8.75. The van der Waals surface area contributed by atoms with Crippen molar-refractivity contribution in [2.45, 2.75) is 32.7 Å². The number of hydrogen-bond acceptors (Lipinski definition) is 3. The average molecular weight is 244 g/mol. The summed E-state index contributed by atoms with van der Waals surface area (Å²) in [5.74, 6) is 1.63. The number of aryl methyl sites for hydroxylation is 2. The second kappa shape index (κ2) is 6.36. The van der Waals surface area contributed by atoms with Crippen LogP contribution in [-0.4, -0.2) is 11.5 Å². The molecule has 1 atom stereocenters. The van der Waals surface area contributed by atoms with Crippen molar-refractivity contribution in [3.63, 3.8) is 0 Å². The van der Waals surface area contributed by atoms with E-state index in [9.17, 15) is 0 Å². The Kier molecular flexibility index (Phi) is 4.53. The molecular weight excluding hydrogens is 224 g/mol. The lowest BCUT2D eigenvalue weighted by molar-refractivity contribution is 0.402. The van der Waals surface area contributed by atoms with Crippen LogP contribution in [0.2, 0.25) is 0 Å². The second-order valence-electron chi connectivity index (χ2n) is 4.57. The molecule has 2 aromatic rings. The highest BCUT2D eigenvalue weighted by molar-refractivity contribution is 5.14. The van der Waals surface area contributed by atoms with E-state index in [1.54, 1.807) is 6.20 Å². The van der Waals surface area contributed by atoms with Crippen LogP contribution in [0.1, 0.15) is 36.6 Å². The molecule has 18 heavy (non-hydrogen) atoms. The third-order valence-corrected chi connectivity index (χ3v) is 2.95. The number of oxazole rings is 1. The molecule has 1 heterocycles. The van der Waals surface area contributed by atoms with Gasteiger partial charge in [-0.05, 0) is 38.8 Å². The Bertz CT molecular complexity index is 464. The maximum absolute atomic E-state index is 5.49. The predicted molar refractivity (Wildman–Crippen MR) is 72.4 cm³/mol. The molecule has 0 aliphatic rings. The molecule has 0 amide bonds. The first-order valence-electron chi connectivity index (χ1n) is 6.45. The minimum Gasteiger partial charge on any atom is -0.444 e. The number of aromatic nitrogens is 1. The Morgan fingerprint density at radius 3 is 2.72 bits per heavy atom. The van der Waals surface area contributed by atoms with Crippen molar-refractivity contribution in [1.29, 1.82) is 0 Å². The van der Waals surface area contributed by atoms with Crippen LogP contribution in [-0.2, 0) is 6.42 Å². The fourth-order valence-corrected chi connectivity index (χ4v) is 1.92. The van der Waals surface area contributed by atoms with Gasteiger partial charge in [-0.15, -0.1) is 0 Å². The lowest BCUT2D eigenvalue weighted by atomic mass is 10.1. The number of nitrogens with one attached hydrogen (secondary N) is 1. The third-order valence-electron chi connectivity index (χ3n) is 2.95. The zero-order valence-corrected chi connectivity index (χ0v) is 11.0. The molecule has 0 fully saturated rings. The molecular formula is C15H20N2O. The summed E-state index contributed by atoms with van der Waals surface area (Å²) < 4.78 is 5.49. The Morgan fingerprint density at radius 2 is 2.06 bits per heavy atom. The van der Waals surface area contributed by atoms with E-state index in [4.69, 9.17) is 4.42 Å². The van der Waals surface area contributed by atoms with Gasteiger partial charge in [0.2, 0.25) is 5.89 Å². The van der Waals surface area contributed by atoms with Crippen LogP contribution in [0.5, 0.6) is 0 Å². The molecule has 1 unspecified atom stereocenters. The largest absolute Gasteiger partial charge is 0.444 e. The van der Waals surface area contributed by atoms with Crippen molar-refractivity contribution in [2.75, 3.05) is 6.54 Å². The van der Waals surface area contributed by atoms with E-state index >= 15 is 0 Å². The Hall–Kier alpha value is -1.61. The Labute approximate surface area is 108 Å². The smallest absolute Gasteiger partial charge is 0.211 e. The monoisotopic (exact) mass is 244 g/mol. The van der Waals surface area contributed by atoms with Crippen molar-refractivity contribution in [1.82, 2.24) is 10.3 Å². The van der Waals surface area contributed by atoms with Gasteiger partial charge >= 0.3 is 0 Å². The fourth-order valence-electron chi connectivity index (χ4n) is 1.92. The van der Waals surface area contributed by atoms with E-state index in [0.29, 0.717) is 0 Å². The van der Waals surface area contributed by atoms with Crippen molar-refractivity contribution < 1.29 is 4.42 Å². The van der Waals surface area contributed by atoms with Gasteiger partial charge in [0.1, 0.15) is 5.76 Å². The number of benzene rings is 1. The van der Waals surface area contributed by atoms with E-state index < -0.39 is 0 Å². The Morgan fingerprint density at radius 1 is 1.28 bits per heavy atom. The summed E-state index contributed by atoms with van der Waals surface area (Å²) in [6, 6.07) is 10.7. The van der Waals surface area contributed by atoms with Crippen molar-refractivity contribution in [3.05, 3.63) is 53.7 Å². The summed E-state index contributed by atoms with van der Waals surface area (Å²) >= 11 is 0. The highest BCUT2D eigenvalue weighted by atomic mass is 16.4. The zero-order valence-electron chi connectivity index (χ0n) is 11.0. The topological polar surface area (TPSA) is 38.1 Å². The minimum absolute atomic E-state index is 0.175. The van der Waals surface area contributed by atoms with Crippen LogP contribution in [0, 0.1) is 6.92 Å². The molecule has 96 valence electrons. The fraction of sp³-hybridized carbons (Fsp3) is 0.400. The van der Waals surface area contributed by atoms with E-state index in [0.717, 1.165) is 31.0 Å². The number of hydrogen-bond donors (Lipinski definition) is 1. The average Bonchev–Trinajstić information content (AvgIpc) is 2.82. The van der Waals surface area contributed by atoms with E-state index in [2.05, 4.69) is 47.6 Å². The van der Waals surface area contributed by atoms with Gasteiger partial charge < -0.3 is 9.73 Å². The molecule has 3 heteroatoms. The highest BCUT2D eigenvalue weighted by Gasteiger charge is 2.09. The van der Waals surface area contributed by atoms with Gasteiger partial charge in [0, 0.05) is 0 Å². The van der Waals surface area contributed by atoms with Crippen molar-refractivity contribution in [3.8, 4) is 0 Å². The van der Waals surface area contributed by atoms with Crippen molar-refractivity contribution >= 4 is 0 Å². The van der Waals surface area contributed by atoms with Crippen LogP contribution in [0.25, 0.3) is 0 Å². The maximum Gasteiger partial charge on any atom is 0.211 e. The summed E-state index contributed by atoms with van der Waals surface area (Å²) in [5, 5.41) is 3.43. The molecule has 0 bridgehead atoms. The van der Waals surface area contributed by atoms with Crippen LogP contribution < -0.4 is 5.32 Å². The van der Waals surface area contributed by atoms with Crippen LogP contribution >= 0.6 is 0 Å². The molecule has 0 spiro atoms.